The van der Waals surface area contributed by atoms with Gasteiger partial charge in [0.05, 0.1) is 6.54 Å². The number of para-hydroxylation sites is 1. The average Bonchev–Trinajstić information content (AvgIpc) is 2.48. The van der Waals surface area contributed by atoms with Crippen LogP contribution in [0.3, 0.4) is 0 Å². The first-order chi connectivity index (χ1) is 10.1. The summed E-state index contributed by atoms with van der Waals surface area (Å²) in [5.74, 6) is 0.0822. The summed E-state index contributed by atoms with van der Waals surface area (Å²) in [6.45, 7) is 5.12. The molecule has 3 nitrogen and oxygen atoms in total. The lowest BCUT2D eigenvalue weighted by molar-refractivity contribution is -0.128. The molecule has 2 aromatic carbocycles. The van der Waals surface area contributed by atoms with Gasteiger partial charge in [-0.2, -0.15) is 0 Å². The van der Waals surface area contributed by atoms with E-state index in [1.807, 2.05) is 37.4 Å². The molecule has 0 saturated carbocycles. The Labute approximate surface area is 126 Å². The number of nitrogens with one attached hydrogen (secondary N) is 1. The van der Waals surface area contributed by atoms with Crippen LogP contribution in [0.4, 0.5) is 5.69 Å². The molecule has 0 aliphatic heterocycles. The van der Waals surface area contributed by atoms with Crippen LogP contribution in [0.25, 0.3) is 0 Å². The molecule has 0 heterocycles. The van der Waals surface area contributed by atoms with Crippen LogP contribution in [0.15, 0.2) is 48.5 Å². The summed E-state index contributed by atoms with van der Waals surface area (Å²) in [4.78, 5) is 13.9. The Hall–Kier alpha value is -2.29. The first-order valence-electron chi connectivity index (χ1n) is 7.15. The van der Waals surface area contributed by atoms with Crippen LogP contribution in [0.1, 0.15) is 16.7 Å². The van der Waals surface area contributed by atoms with E-state index < -0.39 is 0 Å². The van der Waals surface area contributed by atoms with Gasteiger partial charge in [0.15, 0.2) is 0 Å². The second-order valence-corrected chi connectivity index (χ2v) is 5.40. The third kappa shape index (κ3) is 4.35. The molecule has 0 radical (unpaired) electrons. The Morgan fingerprint density at radius 2 is 1.81 bits per heavy atom. The summed E-state index contributed by atoms with van der Waals surface area (Å²) in [7, 11) is 1.84. The van der Waals surface area contributed by atoms with Crippen LogP contribution in [0.2, 0.25) is 0 Å². The second-order valence-electron chi connectivity index (χ2n) is 5.40. The topological polar surface area (TPSA) is 32.3 Å². The van der Waals surface area contributed by atoms with Gasteiger partial charge in [-0.3, -0.25) is 4.79 Å². The van der Waals surface area contributed by atoms with Crippen molar-refractivity contribution in [1.29, 1.82) is 0 Å². The number of carbonyl (C=O) groups excluding carboxylic acids is 1. The fourth-order valence-electron chi connectivity index (χ4n) is 2.24. The van der Waals surface area contributed by atoms with Gasteiger partial charge in [0, 0.05) is 19.3 Å². The molecule has 0 aromatic heterocycles. The lowest BCUT2D eigenvalue weighted by Crippen LogP contribution is -2.32. The zero-order chi connectivity index (χ0) is 15.2. The van der Waals surface area contributed by atoms with Crippen LogP contribution in [-0.2, 0) is 11.3 Å². The molecule has 0 spiro atoms. The number of hydrogen-bond acceptors (Lipinski definition) is 2. The van der Waals surface area contributed by atoms with E-state index in [1.54, 1.807) is 4.90 Å². The smallest absolute Gasteiger partial charge is 0.241 e. The van der Waals surface area contributed by atoms with Crippen LogP contribution >= 0.6 is 0 Å². The summed E-state index contributed by atoms with van der Waals surface area (Å²) in [5, 5.41) is 3.14. The number of anilines is 1. The highest BCUT2D eigenvalue weighted by Gasteiger charge is 2.10. The van der Waals surface area contributed by atoms with Gasteiger partial charge in [-0.15, -0.1) is 0 Å². The fraction of sp³-hybridized carbons (Fsp3) is 0.278. The van der Waals surface area contributed by atoms with E-state index in [2.05, 4.69) is 37.4 Å². The van der Waals surface area contributed by atoms with Crippen molar-refractivity contribution < 1.29 is 4.79 Å². The van der Waals surface area contributed by atoms with Gasteiger partial charge in [-0.25, -0.2) is 0 Å². The lowest BCUT2D eigenvalue weighted by Gasteiger charge is -2.19. The molecule has 0 aliphatic carbocycles. The zero-order valence-electron chi connectivity index (χ0n) is 12.9. The Bertz CT molecular complexity index is 608. The minimum absolute atomic E-state index is 0.0822. The highest BCUT2D eigenvalue weighted by atomic mass is 16.2. The molecule has 2 aromatic rings. The van der Waals surface area contributed by atoms with Crippen molar-refractivity contribution >= 4 is 11.6 Å². The molecule has 0 fully saturated rings. The van der Waals surface area contributed by atoms with E-state index in [0.717, 1.165) is 5.69 Å². The number of carbonyl (C=O) groups is 1. The summed E-state index contributed by atoms with van der Waals surface area (Å²) >= 11 is 0. The molecule has 0 aliphatic rings. The fourth-order valence-corrected chi connectivity index (χ4v) is 2.24. The van der Waals surface area contributed by atoms with Crippen LogP contribution in [-0.4, -0.2) is 24.4 Å². The van der Waals surface area contributed by atoms with E-state index in [9.17, 15) is 4.79 Å². The number of rotatable bonds is 5. The SMILES string of the molecule is Cc1ccc(CN(C)C(=O)CNc2ccccc2)c(C)c1. The van der Waals surface area contributed by atoms with Gasteiger partial charge in [-0.05, 0) is 37.1 Å². The maximum Gasteiger partial charge on any atom is 0.241 e. The van der Waals surface area contributed by atoms with Gasteiger partial charge in [0.1, 0.15) is 0 Å². The number of amides is 1. The van der Waals surface area contributed by atoms with Crippen LogP contribution in [0, 0.1) is 13.8 Å². The lowest BCUT2D eigenvalue weighted by atomic mass is 10.1. The summed E-state index contributed by atoms with van der Waals surface area (Å²) < 4.78 is 0. The number of aryl methyl sites for hydroxylation is 2. The van der Waals surface area contributed by atoms with Gasteiger partial charge >= 0.3 is 0 Å². The number of nitrogens with zero attached hydrogens (tertiary/aromatic N) is 1. The minimum Gasteiger partial charge on any atom is -0.376 e. The van der Waals surface area contributed by atoms with Crippen molar-refractivity contribution in [3.05, 3.63) is 65.2 Å². The molecule has 0 unspecified atom stereocenters. The third-order valence-electron chi connectivity index (χ3n) is 3.55. The highest BCUT2D eigenvalue weighted by Crippen LogP contribution is 2.12. The van der Waals surface area contributed by atoms with Crippen LogP contribution in [0.5, 0.6) is 0 Å². The molecule has 1 amide bonds. The molecule has 0 saturated heterocycles. The molecule has 0 atom stereocenters. The first kappa shape index (κ1) is 15.1. The van der Waals surface area contributed by atoms with Gasteiger partial charge in [0.2, 0.25) is 5.91 Å². The number of likely N-dealkylation sites (N-methyl/N-ethyl adjacent to an activating group) is 1. The monoisotopic (exact) mass is 282 g/mol. The molecule has 0 bridgehead atoms. The molecule has 21 heavy (non-hydrogen) atoms. The van der Waals surface area contributed by atoms with Crippen molar-refractivity contribution in [2.75, 3.05) is 18.9 Å². The molecule has 110 valence electrons. The van der Waals surface area contributed by atoms with E-state index in [1.165, 1.54) is 16.7 Å². The second kappa shape index (κ2) is 6.93. The standard InChI is InChI=1S/C18H22N2O/c1-14-9-10-16(15(2)11-14)13-20(3)18(21)12-19-17-7-5-4-6-8-17/h4-11,19H,12-13H2,1-3H3. The number of benzene rings is 2. The average molecular weight is 282 g/mol. The van der Waals surface area contributed by atoms with Crippen molar-refractivity contribution in [2.45, 2.75) is 20.4 Å². The van der Waals surface area contributed by atoms with Gasteiger partial charge < -0.3 is 10.2 Å². The summed E-state index contributed by atoms with van der Waals surface area (Å²) in [6, 6.07) is 16.1. The van der Waals surface area contributed by atoms with Crippen molar-refractivity contribution in [3.8, 4) is 0 Å². The van der Waals surface area contributed by atoms with Crippen LogP contribution < -0.4 is 5.32 Å². The molecular formula is C18H22N2O. The molecular weight excluding hydrogens is 260 g/mol. The number of hydrogen-bond donors (Lipinski definition) is 1. The van der Waals surface area contributed by atoms with E-state index in [0.29, 0.717) is 13.1 Å². The zero-order valence-corrected chi connectivity index (χ0v) is 12.9. The summed E-state index contributed by atoms with van der Waals surface area (Å²) in [5.41, 5.74) is 4.63. The van der Waals surface area contributed by atoms with Crippen molar-refractivity contribution in [1.82, 2.24) is 4.90 Å². The molecule has 2 rings (SSSR count). The molecule has 1 N–H and O–H groups in total. The Morgan fingerprint density at radius 1 is 1.10 bits per heavy atom. The first-order valence-corrected chi connectivity index (χ1v) is 7.15. The highest BCUT2D eigenvalue weighted by molar-refractivity contribution is 5.80. The summed E-state index contributed by atoms with van der Waals surface area (Å²) in [6.07, 6.45) is 0. The predicted octanol–water partition coefficient (Wildman–Crippen LogP) is 3.37. The Kier molecular flexibility index (Phi) is 4.99. The third-order valence-corrected chi connectivity index (χ3v) is 3.55. The maximum atomic E-state index is 12.2. The predicted molar refractivity (Wildman–Crippen MR) is 87.3 cm³/mol. The maximum absolute atomic E-state index is 12.2. The van der Waals surface area contributed by atoms with Gasteiger partial charge in [0.25, 0.3) is 0 Å². The Morgan fingerprint density at radius 3 is 2.48 bits per heavy atom. The molecule has 3 heteroatoms. The largest absolute Gasteiger partial charge is 0.376 e. The Balaban J connectivity index is 1.90. The normalized spacial score (nSPS) is 10.2. The quantitative estimate of drug-likeness (QED) is 0.912. The van der Waals surface area contributed by atoms with Crippen molar-refractivity contribution in [3.63, 3.8) is 0 Å². The van der Waals surface area contributed by atoms with Gasteiger partial charge in [-0.1, -0.05) is 42.0 Å². The van der Waals surface area contributed by atoms with E-state index in [-0.39, 0.29) is 5.91 Å². The minimum atomic E-state index is 0.0822. The van der Waals surface area contributed by atoms with E-state index >= 15 is 0 Å². The van der Waals surface area contributed by atoms with Crippen molar-refractivity contribution in [2.24, 2.45) is 0 Å². The van der Waals surface area contributed by atoms with E-state index in [4.69, 9.17) is 0 Å².